The summed E-state index contributed by atoms with van der Waals surface area (Å²) in [5.74, 6) is 2.60. The summed E-state index contributed by atoms with van der Waals surface area (Å²) in [7, 11) is 3.87. The topological polar surface area (TPSA) is 52.0 Å². The van der Waals surface area contributed by atoms with Gasteiger partial charge < -0.3 is 14.6 Å². The standard InChI is InChI=1S/C14H20N4O/c1-10-5-6-13(12(7-10)8-15-3)19-9-14-17-16-11(2)18(14)4/h5-7,15H,8-9H2,1-4H3. The van der Waals surface area contributed by atoms with E-state index in [4.69, 9.17) is 4.74 Å². The van der Waals surface area contributed by atoms with E-state index in [1.54, 1.807) is 0 Å². The molecule has 1 aromatic carbocycles. The van der Waals surface area contributed by atoms with Gasteiger partial charge in [-0.1, -0.05) is 17.7 Å². The number of aryl methyl sites for hydroxylation is 2. The van der Waals surface area contributed by atoms with E-state index in [1.807, 2.05) is 31.7 Å². The van der Waals surface area contributed by atoms with Crippen molar-refractivity contribution < 1.29 is 4.74 Å². The second-order valence-corrected chi connectivity index (χ2v) is 4.65. The van der Waals surface area contributed by atoms with E-state index in [1.165, 1.54) is 5.56 Å². The predicted molar refractivity (Wildman–Crippen MR) is 74.0 cm³/mol. The highest BCUT2D eigenvalue weighted by Gasteiger charge is 2.08. The zero-order chi connectivity index (χ0) is 13.8. The van der Waals surface area contributed by atoms with Crippen LogP contribution in [0.25, 0.3) is 0 Å². The molecule has 0 amide bonds. The Bertz CT molecular complexity index is 563. The van der Waals surface area contributed by atoms with Crippen molar-refractivity contribution in [1.82, 2.24) is 20.1 Å². The minimum atomic E-state index is 0.428. The number of ether oxygens (including phenoxy) is 1. The zero-order valence-electron chi connectivity index (χ0n) is 11.9. The molecular formula is C14H20N4O. The smallest absolute Gasteiger partial charge is 0.170 e. The Balaban J connectivity index is 2.12. The van der Waals surface area contributed by atoms with Crippen molar-refractivity contribution in [2.75, 3.05) is 7.05 Å². The minimum absolute atomic E-state index is 0.428. The lowest BCUT2D eigenvalue weighted by Gasteiger charge is -2.12. The summed E-state index contributed by atoms with van der Waals surface area (Å²) in [6.45, 7) is 5.22. The molecule has 0 saturated heterocycles. The molecule has 0 radical (unpaired) electrons. The fourth-order valence-electron chi connectivity index (χ4n) is 1.90. The van der Waals surface area contributed by atoms with Gasteiger partial charge >= 0.3 is 0 Å². The van der Waals surface area contributed by atoms with Crippen LogP contribution in [-0.4, -0.2) is 21.8 Å². The van der Waals surface area contributed by atoms with Gasteiger partial charge in [0.1, 0.15) is 18.2 Å². The van der Waals surface area contributed by atoms with Crippen molar-refractivity contribution in [3.8, 4) is 5.75 Å². The molecule has 1 aromatic heterocycles. The van der Waals surface area contributed by atoms with Gasteiger partial charge in [0.2, 0.25) is 0 Å². The second kappa shape index (κ2) is 5.84. The quantitative estimate of drug-likeness (QED) is 0.889. The maximum Gasteiger partial charge on any atom is 0.170 e. The van der Waals surface area contributed by atoms with Crippen LogP contribution in [0.1, 0.15) is 22.8 Å². The van der Waals surface area contributed by atoms with Gasteiger partial charge in [-0.05, 0) is 27.0 Å². The molecule has 19 heavy (non-hydrogen) atoms. The Morgan fingerprint density at radius 2 is 2.05 bits per heavy atom. The largest absolute Gasteiger partial charge is 0.485 e. The Morgan fingerprint density at radius 1 is 1.26 bits per heavy atom. The summed E-state index contributed by atoms with van der Waals surface area (Å²) < 4.78 is 7.80. The van der Waals surface area contributed by atoms with Crippen molar-refractivity contribution in [2.24, 2.45) is 7.05 Å². The fourth-order valence-corrected chi connectivity index (χ4v) is 1.90. The summed E-state index contributed by atoms with van der Waals surface area (Å²) in [5.41, 5.74) is 2.38. The number of nitrogens with zero attached hydrogens (tertiary/aromatic N) is 3. The lowest BCUT2D eigenvalue weighted by molar-refractivity contribution is 0.287. The highest BCUT2D eigenvalue weighted by Crippen LogP contribution is 2.21. The highest BCUT2D eigenvalue weighted by atomic mass is 16.5. The van der Waals surface area contributed by atoms with E-state index in [9.17, 15) is 0 Å². The van der Waals surface area contributed by atoms with E-state index >= 15 is 0 Å². The molecule has 1 heterocycles. The van der Waals surface area contributed by atoms with Crippen molar-refractivity contribution in [3.63, 3.8) is 0 Å². The Hall–Kier alpha value is -1.88. The lowest BCUT2D eigenvalue weighted by Crippen LogP contribution is -2.09. The molecular weight excluding hydrogens is 240 g/mol. The van der Waals surface area contributed by atoms with E-state index < -0.39 is 0 Å². The molecule has 0 aliphatic carbocycles. The van der Waals surface area contributed by atoms with Crippen LogP contribution in [-0.2, 0) is 20.2 Å². The van der Waals surface area contributed by atoms with E-state index in [-0.39, 0.29) is 0 Å². The van der Waals surface area contributed by atoms with Crippen LogP contribution in [0, 0.1) is 13.8 Å². The molecule has 2 rings (SSSR count). The average molecular weight is 260 g/mol. The van der Waals surface area contributed by atoms with Crippen LogP contribution in [0.4, 0.5) is 0 Å². The monoisotopic (exact) mass is 260 g/mol. The number of rotatable bonds is 5. The number of nitrogens with one attached hydrogen (secondary N) is 1. The Morgan fingerprint density at radius 3 is 2.68 bits per heavy atom. The number of aromatic nitrogens is 3. The van der Waals surface area contributed by atoms with Gasteiger partial charge in [0.15, 0.2) is 5.82 Å². The molecule has 0 aliphatic heterocycles. The lowest BCUT2D eigenvalue weighted by atomic mass is 10.1. The second-order valence-electron chi connectivity index (χ2n) is 4.65. The van der Waals surface area contributed by atoms with Crippen LogP contribution >= 0.6 is 0 Å². The minimum Gasteiger partial charge on any atom is -0.485 e. The summed E-state index contributed by atoms with van der Waals surface area (Å²) in [4.78, 5) is 0. The van der Waals surface area contributed by atoms with Gasteiger partial charge in [0.25, 0.3) is 0 Å². The third kappa shape index (κ3) is 3.12. The summed E-state index contributed by atoms with van der Waals surface area (Å²) in [6, 6.07) is 6.19. The van der Waals surface area contributed by atoms with Crippen LogP contribution in [0.3, 0.4) is 0 Å². The number of hydrogen-bond acceptors (Lipinski definition) is 4. The van der Waals surface area contributed by atoms with Crippen molar-refractivity contribution >= 4 is 0 Å². The van der Waals surface area contributed by atoms with Gasteiger partial charge in [0, 0.05) is 19.2 Å². The normalized spacial score (nSPS) is 10.7. The van der Waals surface area contributed by atoms with Crippen LogP contribution in [0.15, 0.2) is 18.2 Å². The first-order valence-electron chi connectivity index (χ1n) is 6.33. The van der Waals surface area contributed by atoms with Gasteiger partial charge in [-0.25, -0.2) is 0 Å². The van der Waals surface area contributed by atoms with Crippen LogP contribution in [0.2, 0.25) is 0 Å². The number of hydrogen-bond donors (Lipinski definition) is 1. The molecule has 0 atom stereocenters. The molecule has 5 nitrogen and oxygen atoms in total. The van der Waals surface area contributed by atoms with Crippen molar-refractivity contribution in [1.29, 1.82) is 0 Å². The Labute approximate surface area is 113 Å². The molecule has 0 fully saturated rings. The van der Waals surface area contributed by atoms with Crippen molar-refractivity contribution in [3.05, 3.63) is 41.0 Å². The van der Waals surface area contributed by atoms with Gasteiger partial charge in [-0.3, -0.25) is 0 Å². The van der Waals surface area contributed by atoms with E-state index in [0.717, 1.165) is 29.5 Å². The Kier molecular flexibility index (Phi) is 4.16. The third-order valence-corrected chi connectivity index (χ3v) is 3.12. The fraction of sp³-hybridized carbons (Fsp3) is 0.429. The van der Waals surface area contributed by atoms with Gasteiger partial charge in [0.05, 0.1) is 0 Å². The summed E-state index contributed by atoms with van der Waals surface area (Å²) in [6.07, 6.45) is 0. The van der Waals surface area contributed by atoms with Crippen LogP contribution < -0.4 is 10.1 Å². The maximum atomic E-state index is 5.86. The molecule has 0 unspecified atom stereocenters. The molecule has 2 aromatic rings. The highest BCUT2D eigenvalue weighted by molar-refractivity contribution is 5.36. The molecule has 0 aliphatic rings. The van der Waals surface area contributed by atoms with Gasteiger partial charge in [-0.15, -0.1) is 10.2 Å². The third-order valence-electron chi connectivity index (χ3n) is 3.12. The van der Waals surface area contributed by atoms with E-state index in [0.29, 0.717) is 6.61 Å². The molecule has 5 heteroatoms. The molecule has 0 saturated carbocycles. The first-order chi connectivity index (χ1) is 9.11. The summed E-state index contributed by atoms with van der Waals surface area (Å²) in [5, 5.41) is 11.3. The summed E-state index contributed by atoms with van der Waals surface area (Å²) >= 11 is 0. The molecule has 1 N–H and O–H groups in total. The predicted octanol–water partition coefficient (Wildman–Crippen LogP) is 1.73. The first kappa shape index (κ1) is 13.5. The SMILES string of the molecule is CNCc1cc(C)ccc1OCc1nnc(C)n1C. The molecule has 0 bridgehead atoms. The maximum absolute atomic E-state index is 5.86. The van der Waals surface area contributed by atoms with Crippen LogP contribution in [0.5, 0.6) is 5.75 Å². The average Bonchev–Trinajstić information content (AvgIpc) is 2.70. The first-order valence-corrected chi connectivity index (χ1v) is 6.33. The number of benzene rings is 1. The molecule has 102 valence electrons. The van der Waals surface area contributed by atoms with Crippen molar-refractivity contribution in [2.45, 2.75) is 27.0 Å². The van der Waals surface area contributed by atoms with Gasteiger partial charge in [-0.2, -0.15) is 0 Å². The zero-order valence-corrected chi connectivity index (χ0v) is 11.9. The molecule has 0 spiro atoms. The van der Waals surface area contributed by atoms with E-state index in [2.05, 4.69) is 34.6 Å².